The maximum absolute atomic E-state index is 13.1. The Morgan fingerprint density at radius 1 is 1.35 bits per heavy atom. The molecule has 4 atom stereocenters. The van der Waals surface area contributed by atoms with E-state index in [2.05, 4.69) is 10.6 Å². The van der Waals surface area contributed by atoms with Crippen LogP contribution in [0.15, 0.2) is 0 Å². The molecule has 9 heteroatoms. The van der Waals surface area contributed by atoms with Crippen LogP contribution in [0.25, 0.3) is 0 Å². The van der Waals surface area contributed by atoms with Gasteiger partial charge in [0.1, 0.15) is 10.0 Å². The Morgan fingerprint density at radius 3 is 2.39 bits per heavy atom. The molecule has 0 aromatic rings. The molecule has 1 saturated heterocycles. The molecule has 4 unspecified atom stereocenters. The van der Waals surface area contributed by atoms with Crippen LogP contribution >= 0.6 is 22.6 Å². The van der Waals surface area contributed by atoms with E-state index in [1.54, 1.807) is 6.92 Å². The van der Waals surface area contributed by atoms with Crippen LogP contribution in [-0.2, 0) is 9.53 Å². The summed E-state index contributed by atoms with van der Waals surface area (Å²) >= 11 is 1.92. The first-order chi connectivity index (χ1) is 10.5. The number of hydrogen-bond donors (Lipinski definition) is 3. The average Bonchev–Trinajstić information content (AvgIpc) is 2.43. The van der Waals surface area contributed by atoms with E-state index >= 15 is 0 Å². The summed E-state index contributed by atoms with van der Waals surface area (Å²) in [5.41, 5.74) is -3.48. The smallest absolute Gasteiger partial charge is 0.417 e. The molecule has 3 N–H and O–H groups in total. The molecule has 1 aliphatic heterocycles. The number of alkyl halides is 4. The number of aliphatic hydroxyl groups is 1. The molecule has 0 amide bonds. The van der Waals surface area contributed by atoms with Crippen LogP contribution in [0.5, 0.6) is 0 Å². The van der Waals surface area contributed by atoms with Crippen LogP contribution in [0.1, 0.15) is 39.5 Å². The zero-order chi connectivity index (χ0) is 17.5. The van der Waals surface area contributed by atoms with Gasteiger partial charge in [0.15, 0.2) is 5.60 Å². The average molecular weight is 450 g/mol. The molecule has 0 aromatic carbocycles. The van der Waals surface area contributed by atoms with Gasteiger partial charge in [-0.3, -0.25) is 15.4 Å². The summed E-state index contributed by atoms with van der Waals surface area (Å²) in [6, 6.07) is 0. The van der Waals surface area contributed by atoms with Gasteiger partial charge >= 0.3 is 12.1 Å². The van der Waals surface area contributed by atoms with Crippen LogP contribution in [0.3, 0.4) is 0 Å². The SMILES string of the molecule is CC1(C(I)C(=O)OC2CCCCC2C(C)(O)C(F)(F)F)NCN1. The lowest BCUT2D eigenvalue weighted by Gasteiger charge is -2.45. The Labute approximate surface area is 146 Å². The maximum Gasteiger partial charge on any atom is 0.417 e. The van der Waals surface area contributed by atoms with E-state index in [1.165, 1.54) is 0 Å². The van der Waals surface area contributed by atoms with Gasteiger partial charge in [0.2, 0.25) is 0 Å². The molecule has 2 fully saturated rings. The van der Waals surface area contributed by atoms with Crippen molar-refractivity contribution < 1.29 is 27.8 Å². The lowest BCUT2D eigenvalue weighted by atomic mass is 9.75. The number of halogens is 4. The van der Waals surface area contributed by atoms with Gasteiger partial charge in [-0.05, 0) is 33.1 Å². The summed E-state index contributed by atoms with van der Waals surface area (Å²) < 4.78 is 44.2. The van der Waals surface area contributed by atoms with E-state index in [9.17, 15) is 23.1 Å². The first-order valence-corrected chi connectivity index (χ1v) is 8.87. The van der Waals surface area contributed by atoms with E-state index in [4.69, 9.17) is 4.74 Å². The molecule has 0 bridgehead atoms. The Bertz CT molecular complexity index is 455. The second-order valence-corrected chi connectivity index (χ2v) is 7.85. The van der Waals surface area contributed by atoms with Crippen molar-refractivity contribution in [2.75, 3.05) is 6.67 Å². The molecule has 1 aliphatic carbocycles. The summed E-state index contributed by atoms with van der Waals surface area (Å²) in [7, 11) is 0. The topological polar surface area (TPSA) is 70.6 Å². The summed E-state index contributed by atoms with van der Waals surface area (Å²) in [4.78, 5) is 12.3. The molecule has 0 radical (unpaired) electrons. The summed E-state index contributed by atoms with van der Waals surface area (Å²) in [5.74, 6) is -1.71. The van der Waals surface area contributed by atoms with Gasteiger partial charge < -0.3 is 9.84 Å². The molecule has 2 rings (SSSR count). The first-order valence-electron chi connectivity index (χ1n) is 7.63. The number of carbonyl (C=O) groups excluding carboxylic acids is 1. The number of nitrogens with one attached hydrogen (secondary N) is 2. The molecule has 0 spiro atoms. The third kappa shape index (κ3) is 3.77. The van der Waals surface area contributed by atoms with Crippen molar-refractivity contribution in [1.29, 1.82) is 0 Å². The number of hydrogen-bond acceptors (Lipinski definition) is 5. The number of rotatable bonds is 4. The molecule has 0 aromatic heterocycles. The molecule has 1 heterocycles. The second kappa shape index (κ2) is 6.64. The van der Waals surface area contributed by atoms with Crippen molar-refractivity contribution in [2.24, 2.45) is 5.92 Å². The molecular weight excluding hydrogens is 428 g/mol. The van der Waals surface area contributed by atoms with E-state index in [1.807, 2.05) is 22.6 Å². The second-order valence-electron chi connectivity index (χ2n) is 6.61. The monoisotopic (exact) mass is 450 g/mol. The standard InChI is InChI=1S/C14H22F3IN2O3/c1-12(22,14(15,16)17)8-5-3-4-6-9(8)23-11(21)10(18)13(2)19-7-20-13/h8-10,19-20,22H,3-7H2,1-2H3. The third-order valence-corrected chi connectivity index (χ3v) is 6.65. The fraction of sp³-hybridized carbons (Fsp3) is 0.929. The van der Waals surface area contributed by atoms with Crippen LogP contribution < -0.4 is 10.6 Å². The number of carbonyl (C=O) groups is 1. The van der Waals surface area contributed by atoms with E-state index in [0.717, 1.165) is 6.92 Å². The van der Waals surface area contributed by atoms with Crippen molar-refractivity contribution in [2.45, 2.75) is 67.0 Å². The highest BCUT2D eigenvalue weighted by atomic mass is 127. The van der Waals surface area contributed by atoms with Crippen molar-refractivity contribution in [3.8, 4) is 0 Å². The van der Waals surface area contributed by atoms with Gasteiger partial charge in [-0.1, -0.05) is 29.0 Å². The zero-order valence-corrected chi connectivity index (χ0v) is 15.2. The summed E-state index contributed by atoms with van der Waals surface area (Å²) in [6.07, 6.45) is -3.89. The minimum atomic E-state index is -4.76. The fourth-order valence-corrected chi connectivity index (χ4v) is 3.67. The van der Waals surface area contributed by atoms with Crippen molar-refractivity contribution >= 4 is 28.6 Å². The molecule has 23 heavy (non-hydrogen) atoms. The highest BCUT2D eigenvalue weighted by Crippen LogP contribution is 2.44. The predicted octanol–water partition coefficient (Wildman–Crippen LogP) is 2.07. The third-order valence-electron chi connectivity index (χ3n) is 4.89. The van der Waals surface area contributed by atoms with Gasteiger partial charge in [0.25, 0.3) is 0 Å². The van der Waals surface area contributed by atoms with Crippen molar-refractivity contribution in [3.05, 3.63) is 0 Å². The van der Waals surface area contributed by atoms with Crippen molar-refractivity contribution in [3.63, 3.8) is 0 Å². The van der Waals surface area contributed by atoms with E-state index in [0.29, 0.717) is 25.9 Å². The van der Waals surface area contributed by atoms with Gasteiger partial charge in [-0.15, -0.1) is 0 Å². The molecular formula is C14H22F3IN2O3. The fourth-order valence-electron chi connectivity index (χ4n) is 3.08. The lowest BCUT2D eigenvalue weighted by molar-refractivity contribution is -0.285. The van der Waals surface area contributed by atoms with Crippen LogP contribution in [0, 0.1) is 5.92 Å². The number of esters is 1. The van der Waals surface area contributed by atoms with E-state index < -0.39 is 39.4 Å². The maximum atomic E-state index is 13.1. The first kappa shape index (κ1) is 19.2. The Morgan fingerprint density at radius 2 is 1.91 bits per heavy atom. The lowest BCUT2D eigenvalue weighted by Crippen LogP contribution is -2.74. The van der Waals surface area contributed by atoms with Crippen LogP contribution in [0.2, 0.25) is 0 Å². The Hall–Kier alpha value is -0.130. The van der Waals surface area contributed by atoms with Gasteiger partial charge in [0, 0.05) is 12.6 Å². The molecule has 1 saturated carbocycles. The summed E-state index contributed by atoms with van der Waals surface area (Å²) in [5, 5.41) is 16.1. The van der Waals surface area contributed by atoms with Crippen LogP contribution in [0.4, 0.5) is 13.2 Å². The summed E-state index contributed by atoms with van der Waals surface area (Å²) in [6.45, 7) is 3.12. The predicted molar refractivity (Wildman–Crippen MR) is 85.9 cm³/mol. The van der Waals surface area contributed by atoms with Gasteiger partial charge in [-0.2, -0.15) is 13.2 Å². The highest BCUT2D eigenvalue weighted by Gasteiger charge is 2.58. The zero-order valence-electron chi connectivity index (χ0n) is 13.0. The van der Waals surface area contributed by atoms with Gasteiger partial charge in [-0.25, -0.2) is 0 Å². The normalized spacial score (nSPS) is 31.6. The largest absolute Gasteiger partial charge is 0.461 e. The molecule has 134 valence electrons. The van der Waals surface area contributed by atoms with Crippen molar-refractivity contribution in [1.82, 2.24) is 10.6 Å². The quantitative estimate of drug-likeness (QED) is 0.348. The Balaban J connectivity index is 2.08. The number of ether oxygens (including phenoxy) is 1. The minimum absolute atomic E-state index is 0.185. The highest BCUT2D eigenvalue weighted by molar-refractivity contribution is 14.1. The minimum Gasteiger partial charge on any atom is -0.461 e. The van der Waals surface area contributed by atoms with Gasteiger partial charge in [0.05, 0.1) is 5.66 Å². The molecule has 5 nitrogen and oxygen atoms in total. The Kier molecular flexibility index (Phi) is 5.54. The van der Waals surface area contributed by atoms with Crippen LogP contribution in [-0.4, -0.2) is 45.2 Å². The van der Waals surface area contributed by atoms with E-state index in [-0.39, 0.29) is 6.42 Å². The molecule has 2 aliphatic rings.